The van der Waals surface area contributed by atoms with Gasteiger partial charge in [0.05, 0.1) is 18.6 Å². The van der Waals surface area contributed by atoms with Gasteiger partial charge in [-0.1, -0.05) is 66.2 Å². The first-order chi connectivity index (χ1) is 12.6. The van der Waals surface area contributed by atoms with Crippen LogP contribution in [0.15, 0.2) is 0 Å². The summed E-state index contributed by atoms with van der Waals surface area (Å²) in [6.45, 7) is 9.31. The summed E-state index contributed by atoms with van der Waals surface area (Å²) in [7, 11) is 0. The summed E-state index contributed by atoms with van der Waals surface area (Å²) in [5.41, 5.74) is -0.284. The predicted octanol–water partition coefficient (Wildman–Crippen LogP) is 6.21. The first kappa shape index (κ1) is 24.9. The molecule has 0 amide bonds. The van der Waals surface area contributed by atoms with Crippen molar-refractivity contribution in [1.82, 2.24) is 0 Å². The number of carbonyl (C=O) groups is 2. The first-order valence-electron chi connectivity index (χ1n) is 10.9. The molecule has 0 aromatic heterocycles. The maximum atomic E-state index is 12.4. The number of ether oxygens (including phenoxy) is 2. The van der Waals surface area contributed by atoms with Crippen LogP contribution in [0.1, 0.15) is 111 Å². The molecule has 0 bridgehead atoms. The van der Waals surface area contributed by atoms with Crippen molar-refractivity contribution >= 4 is 11.9 Å². The SMILES string of the molecule is CCCOC(=O)CCCCCCCCCC(CC)(CC)C(=O)OCCC. The highest BCUT2D eigenvalue weighted by molar-refractivity contribution is 5.76. The molecule has 154 valence electrons. The van der Waals surface area contributed by atoms with Crippen LogP contribution in [-0.2, 0) is 19.1 Å². The fraction of sp³-hybridized carbons (Fsp3) is 0.909. The quantitative estimate of drug-likeness (QED) is 0.226. The largest absolute Gasteiger partial charge is 0.466 e. The Hall–Kier alpha value is -1.06. The highest BCUT2D eigenvalue weighted by Gasteiger charge is 2.35. The zero-order valence-electron chi connectivity index (χ0n) is 17.7. The second-order valence-electron chi connectivity index (χ2n) is 7.32. The van der Waals surface area contributed by atoms with E-state index in [0.717, 1.165) is 51.4 Å². The molecule has 4 nitrogen and oxygen atoms in total. The summed E-state index contributed by atoms with van der Waals surface area (Å²) < 4.78 is 10.5. The van der Waals surface area contributed by atoms with E-state index in [2.05, 4.69) is 13.8 Å². The monoisotopic (exact) mass is 370 g/mol. The molecule has 0 aromatic carbocycles. The lowest BCUT2D eigenvalue weighted by Gasteiger charge is -2.29. The number of rotatable bonds is 17. The Balaban J connectivity index is 3.79. The third kappa shape index (κ3) is 10.8. The zero-order chi connectivity index (χ0) is 19.7. The molecule has 0 spiro atoms. The topological polar surface area (TPSA) is 52.6 Å². The van der Waals surface area contributed by atoms with E-state index in [0.29, 0.717) is 19.6 Å². The third-order valence-corrected chi connectivity index (χ3v) is 5.23. The Kier molecular flexibility index (Phi) is 15.5. The van der Waals surface area contributed by atoms with Gasteiger partial charge < -0.3 is 9.47 Å². The van der Waals surface area contributed by atoms with Gasteiger partial charge in [-0.3, -0.25) is 9.59 Å². The molecule has 0 heterocycles. The van der Waals surface area contributed by atoms with E-state index in [1.807, 2.05) is 13.8 Å². The molecule has 0 saturated carbocycles. The molecule has 0 aromatic rings. The van der Waals surface area contributed by atoms with Gasteiger partial charge >= 0.3 is 11.9 Å². The van der Waals surface area contributed by atoms with Crippen LogP contribution in [0.2, 0.25) is 0 Å². The first-order valence-corrected chi connectivity index (χ1v) is 10.9. The minimum absolute atomic E-state index is 0.000640. The van der Waals surface area contributed by atoms with Gasteiger partial charge in [0.2, 0.25) is 0 Å². The van der Waals surface area contributed by atoms with Crippen molar-refractivity contribution in [3.63, 3.8) is 0 Å². The van der Waals surface area contributed by atoms with Crippen LogP contribution >= 0.6 is 0 Å². The number of carbonyl (C=O) groups excluding carboxylic acids is 2. The molecule has 4 heteroatoms. The van der Waals surface area contributed by atoms with E-state index in [-0.39, 0.29) is 17.4 Å². The number of esters is 2. The third-order valence-electron chi connectivity index (χ3n) is 5.23. The Labute approximate surface area is 161 Å². The second kappa shape index (κ2) is 16.1. The van der Waals surface area contributed by atoms with Crippen LogP contribution < -0.4 is 0 Å². The van der Waals surface area contributed by atoms with E-state index >= 15 is 0 Å². The fourth-order valence-electron chi connectivity index (χ4n) is 3.25. The smallest absolute Gasteiger partial charge is 0.312 e. The standard InChI is InChI=1S/C22H42O4/c1-5-18-25-20(23)16-14-12-10-9-11-13-15-17-22(7-3,8-4)21(24)26-19-6-2/h5-19H2,1-4H3. The molecule has 26 heavy (non-hydrogen) atoms. The van der Waals surface area contributed by atoms with Crippen LogP contribution in [0, 0.1) is 5.41 Å². The van der Waals surface area contributed by atoms with Crippen molar-refractivity contribution in [3.05, 3.63) is 0 Å². The predicted molar refractivity (Wildman–Crippen MR) is 107 cm³/mol. The van der Waals surface area contributed by atoms with Crippen LogP contribution in [0.4, 0.5) is 0 Å². The maximum Gasteiger partial charge on any atom is 0.312 e. The average molecular weight is 371 g/mol. The van der Waals surface area contributed by atoms with Gasteiger partial charge in [-0.15, -0.1) is 0 Å². The zero-order valence-corrected chi connectivity index (χ0v) is 17.7. The lowest BCUT2D eigenvalue weighted by atomic mass is 9.77. The lowest BCUT2D eigenvalue weighted by molar-refractivity contribution is -0.157. The van der Waals surface area contributed by atoms with E-state index < -0.39 is 0 Å². The molecule has 0 aliphatic carbocycles. The van der Waals surface area contributed by atoms with Gasteiger partial charge in [-0.2, -0.15) is 0 Å². The van der Waals surface area contributed by atoms with Crippen LogP contribution in [-0.4, -0.2) is 25.2 Å². The van der Waals surface area contributed by atoms with Crippen molar-refractivity contribution in [2.24, 2.45) is 5.41 Å². The van der Waals surface area contributed by atoms with Crippen LogP contribution in [0.5, 0.6) is 0 Å². The molecule has 0 aliphatic rings. The highest BCUT2D eigenvalue weighted by Crippen LogP contribution is 2.34. The molecule has 0 rings (SSSR count). The Morgan fingerprint density at radius 1 is 0.692 bits per heavy atom. The second-order valence-corrected chi connectivity index (χ2v) is 7.32. The van der Waals surface area contributed by atoms with Gasteiger partial charge in [0, 0.05) is 6.42 Å². The van der Waals surface area contributed by atoms with Gasteiger partial charge in [0.1, 0.15) is 0 Å². The number of unbranched alkanes of at least 4 members (excludes halogenated alkanes) is 6. The van der Waals surface area contributed by atoms with Crippen molar-refractivity contribution in [2.45, 2.75) is 111 Å². The van der Waals surface area contributed by atoms with Crippen LogP contribution in [0.3, 0.4) is 0 Å². The van der Waals surface area contributed by atoms with E-state index in [4.69, 9.17) is 9.47 Å². The summed E-state index contributed by atoms with van der Waals surface area (Å²) in [5, 5.41) is 0. The van der Waals surface area contributed by atoms with E-state index in [9.17, 15) is 9.59 Å². The fourth-order valence-corrected chi connectivity index (χ4v) is 3.25. The molecule has 0 aliphatic heterocycles. The Morgan fingerprint density at radius 3 is 1.73 bits per heavy atom. The van der Waals surface area contributed by atoms with Gasteiger partial charge in [-0.05, 0) is 38.5 Å². The van der Waals surface area contributed by atoms with Gasteiger partial charge in [0.25, 0.3) is 0 Å². The van der Waals surface area contributed by atoms with Gasteiger partial charge in [0.15, 0.2) is 0 Å². The molecule has 0 saturated heterocycles. The van der Waals surface area contributed by atoms with E-state index in [1.54, 1.807) is 0 Å². The highest BCUT2D eigenvalue weighted by atomic mass is 16.5. The summed E-state index contributed by atoms with van der Waals surface area (Å²) in [6, 6.07) is 0. The summed E-state index contributed by atoms with van der Waals surface area (Å²) in [5.74, 6) is -0.0587. The maximum absolute atomic E-state index is 12.4. The van der Waals surface area contributed by atoms with Crippen molar-refractivity contribution in [3.8, 4) is 0 Å². The van der Waals surface area contributed by atoms with Crippen molar-refractivity contribution < 1.29 is 19.1 Å². The number of hydrogen-bond donors (Lipinski definition) is 0. The normalized spacial score (nSPS) is 11.4. The number of hydrogen-bond acceptors (Lipinski definition) is 4. The van der Waals surface area contributed by atoms with Crippen molar-refractivity contribution in [1.29, 1.82) is 0 Å². The minimum Gasteiger partial charge on any atom is -0.466 e. The lowest BCUT2D eigenvalue weighted by Crippen LogP contribution is -2.32. The molecule has 0 radical (unpaired) electrons. The molecular formula is C22H42O4. The summed E-state index contributed by atoms with van der Waals surface area (Å²) >= 11 is 0. The Morgan fingerprint density at radius 2 is 1.19 bits per heavy atom. The van der Waals surface area contributed by atoms with Crippen molar-refractivity contribution in [2.75, 3.05) is 13.2 Å². The summed E-state index contributed by atoms with van der Waals surface area (Å²) in [4.78, 5) is 23.8. The molecule has 0 fully saturated rings. The minimum atomic E-state index is -0.284. The summed E-state index contributed by atoms with van der Waals surface area (Å²) in [6.07, 6.45) is 12.8. The molecule has 0 atom stereocenters. The molecule has 0 unspecified atom stereocenters. The molecular weight excluding hydrogens is 328 g/mol. The Bertz CT molecular complexity index is 361. The van der Waals surface area contributed by atoms with E-state index in [1.165, 1.54) is 25.7 Å². The average Bonchev–Trinajstić information content (AvgIpc) is 2.66. The van der Waals surface area contributed by atoms with Gasteiger partial charge in [-0.25, -0.2) is 0 Å². The van der Waals surface area contributed by atoms with Crippen LogP contribution in [0.25, 0.3) is 0 Å². The molecule has 0 N–H and O–H groups in total.